The first kappa shape index (κ1) is 21.6. The van der Waals surface area contributed by atoms with Crippen molar-refractivity contribution in [2.75, 3.05) is 27.9 Å². The summed E-state index contributed by atoms with van der Waals surface area (Å²) >= 11 is 0. The molecule has 1 fully saturated rings. The molecule has 6 nitrogen and oxygen atoms in total. The lowest BCUT2D eigenvalue weighted by Gasteiger charge is -2.24. The van der Waals surface area contributed by atoms with Crippen LogP contribution < -0.4 is 18.9 Å². The molecule has 30 heavy (non-hydrogen) atoms. The number of allylic oxidation sites excluding steroid dienone is 1. The van der Waals surface area contributed by atoms with E-state index in [1.165, 1.54) is 0 Å². The minimum Gasteiger partial charge on any atom is -0.497 e. The molecule has 1 aliphatic rings. The van der Waals surface area contributed by atoms with Gasteiger partial charge in [-0.2, -0.15) is 0 Å². The highest BCUT2D eigenvalue weighted by Gasteiger charge is 2.33. The number of nitrogens with zero attached hydrogens (tertiary/aromatic N) is 1. The van der Waals surface area contributed by atoms with Gasteiger partial charge in [0.15, 0.2) is 18.1 Å². The van der Waals surface area contributed by atoms with E-state index in [-0.39, 0.29) is 18.6 Å². The first-order valence-electron chi connectivity index (χ1n) is 10.0. The third-order valence-electron chi connectivity index (χ3n) is 5.10. The van der Waals surface area contributed by atoms with E-state index in [0.717, 1.165) is 41.9 Å². The van der Waals surface area contributed by atoms with E-state index in [1.54, 1.807) is 21.3 Å². The Bertz CT molecular complexity index is 891. The van der Waals surface area contributed by atoms with E-state index in [2.05, 4.69) is 6.58 Å². The van der Waals surface area contributed by atoms with Crippen molar-refractivity contribution in [2.24, 2.45) is 0 Å². The highest BCUT2D eigenvalue weighted by molar-refractivity contribution is 5.78. The normalized spacial score (nSPS) is 12.8. The van der Waals surface area contributed by atoms with Crippen molar-refractivity contribution in [1.29, 1.82) is 0 Å². The first-order valence-corrected chi connectivity index (χ1v) is 10.0. The van der Waals surface area contributed by atoms with Crippen LogP contribution in [0.3, 0.4) is 0 Å². The van der Waals surface area contributed by atoms with Gasteiger partial charge >= 0.3 is 0 Å². The van der Waals surface area contributed by atoms with Crippen molar-refractivity contribution in [3.05, 3.63) is 60.2 Å². The molecule has 0 unspecified atom stereocenters. The summed E-state index contributed by atoms with van der Waals surface area (Å²) in [7, 11) is 4.84. The molecule has 0 radical (unpaired) electrons. The summed E-state index contributed by atoms with van der Waals surface area (Å²) in [4.78, 5) is 14.9. The van der Waals surface area contributed by atoms with Crippen LogP contribution in [0, 0.1) is 0 Å². The van der Waals surface area contributed by atoms with Gasteiger partial charge < -0.3 is 23.8 Å². The molecule has 2 aromatic rings. The van der Waals surface area contributed by atoms with Crippen molar-refractivity contribution >= 4 is 5.91 Å². The van der Waals surface area contributed by atoms with Gasteiger partial charge in [0.1, 0.15) is 11.5 Å². The van der Waals surface area contributed by atoms with Crippen LogP contribution in [0.15, 0.2) is 49.1 Å². The lowest BCUT2D eigenvalue weighted by Crippen LogP contribution is -2.36. The van der Waals surface area contributed by atoms with Crippen LogP contribution >= 0.6 is 0 Å². The summed E-state index contributed by atoms with van der Waals surface area (Å²) in [6.07, 6.45) is 4.57. The number of hydrogen-bond donors (Lipinski definition) is 0. The standard InChI is InChI=1S/C24H29NO5/c1-5-6-17-7-11-22(23(13-17)29-4)30-16-24(26)25(19-8-9-19)15-18-14-20(27-2)10-12-21(18)28-3/h5,7,10-14,19H,1,6,8-9,15-16H2,2-4H3. The minimum absolute atomic E-state index is 0.0556. The molecular weight excluding hydrogens is 382 g/mol. The van der Waals surface area contributed by atoms with Crippen LogP contribution in [-0.2, 0) is 17.8 Å². The highest BCUT2D eigenvalue weighted by atomic mass is 16.5. The average molecular weight is 411 g/mol. The zero-order valence-corrected chi connectivity index (χ0v) is 17.8. The molecular formula is C24H29NO5. The predicted molar refractivity (Wildman–Crippen MR) is 116 cm³/mol. The topological polar surface area (TPSA) is 57.2 Å². The molecule has 160 valence electrons. The van der Waals surface area contributed by atoms with Crippen LogP contribution in [0.1, 0.15) is 24.0 Å². The van der Waals surface area contributed by atoms with Crippen molar-refractivity contribution in [1.82, 2.24) is 4.90 Å². The van der Waals surface area contributed by atoms with E-state index in [0.29, 0.717) is 18.0 Å². The number of benzene rings is 2. The number of methoxy groups -OCH3 is 3. The second-order valence-electron chi connectivity index (χ2n) is 7.20. The van der Waals surface area contributed by atoms with Crippen molar-refractivity contribution in [3.63, 3.8) is 0 Å². The Morgan fingerprint density at radius 2 is 1.77 bits per heavy atom. The Morgan fingerprint density at radius 3 is 2.40 bits per heavy atom. The molecule has 3 rings (SSSR count). The van der Waals surface area contributed by atoms with E-state index in [9.17, 15) is 4.79 Å². The fourth-order valence-corrected chi connectivity index (χ4v) is 3.34. The van der Waals surface area contributed by atoms with E-state index < -0.39 is 0 Å². The molecule has 0 aliphatic heterocycles. The predicted octanol–water partition coefficient (Wildman–Crippen LogP) is 4.01. The quantitative estimate of drug-likeness (QED) is 0.523. The third kappa shape index (κ3) is 5.26. The van der Waals surface area contributed by atoms with E-state index in [4.69, 9.17) is 18.9 Å². The van der Waals surface area contributed by atoms with Crippen LogP contribution in [0.25, 0.3) is 0 Å². The van der Waals surface area contributed by atoms with Crippen LogP contribution in [0.4, 0.5) is 0 Å². The SMILES string of the molecule is C=CCc1ccc(OCC(=O)N(Cc2cc(OC)ccc2OC)C2CC2)c(OC)c1. The molecule has 1 amide bonds. The lowest BCUT2D eigenvalue weighted by molar-refractivity contribution is -0.134. The largest absolute Gasteiger partial charge is 0.497 e. The number of carbonyl (C=O) groups is 1. The Labute approximate surface area is 178 Å². The van der Waals surface area contributed by atoms with Gasteiger partial charge in [0, 0.05) is 18.2 Å². The molecule has 0 spiro atoms. The second-order valence-corrected chi connectivity index (χ2v) is 7.20. The molecule has 0 heterocycles. The summed E-state index contributed by atoms with van der Waals surface area (Å²) in [5, 5.41) is 0. The maximum absolute atomic E-state index is 13.0. The molecule has 1 saturated carbocycles. The second kappa shape index (κ2) is 10.1. The number of amides is 1. The van der Waals surface area contributed by atoms with Crippen molar-refractivity contribution in [2.45, 2.75) is 31.8 Å². The van der Waals surface area contributed by atoms with E-state index in [1.807, 2.05) is 47.4 Å². The summed E-state index contributed by atoms with van der Waals surface area (Å²) in [5.74, 6) is 2.55. The Hall–Kier alpha value is -3.15. The smallest absolute Gasteiger partial charge is 0.261 e. The maximum Gasteiger partial charge on any atom is 0.261 e. The van der Waals surface area contributed by atoms with Gasteiger partial charge in [-0.25, -0.2) is 0 Å². The summed E-state index contributed by atoms with van der Waals surface area (Å²) < 4.78 is 22.0. The Morgan fingerprint density at radius 1 is 1.03 bits per heavy atom. The van der Waals surface area contributed by atoms with Gasteiger partial charge in [0.2, 0.25) is 0 Å². The van der Waals surface area contributed by atoms with Gasteiger partial charge in [0.25, 0.3) is 5.91 Å². The molecule has 0 aromatic heterocycles. The van der Waals surface area contributed by atoms with Gasteiger partial charge in [-0.05, 0) is 55.2 Å². The van der Waals surface area contributed by atoms with Crippen LogP contribution in [0.5, 0.6) is 23.0 Å². The van der Waals surface area contributed by atoms with Gasteiger partial charge in [-0.15, -0.1) is 6.58 Å². The summed E-state index contributed by atoms with van der Waals surface area (Å²) in [6.45, 7) is 4.15. The van der Waals surface area contributed by atoms with Gasteiger partial charge in [-0.1, -0.05) is 12.1 Å². The highest BCUT2D eigenvalue weighted by Crippen LogP contribution is 2.33. The number of ether oxygens (including phenoxy) is 4. The fraction of sp³-hybridized carbons (Fsp3) is 0.375. The first-order chi connectivity index (χ1) is 14.6. The van der Waals surface area contributed by atoms with Crippen molar-refractivity contribution in [3.8, 4) is 23.0 Å². The minimum atomic E-state index is -0.0698. The molecule has 0 atom stereocenters. The molecule has 2 aromatic carbocycles. The molecule has 6 heteroatoms. The number of rotatable bonds is 11. The maximum atomic E-state index is 13.0. The average Bonchev–Trinajstić information content (AvgIpc) is 3.61. The number of carbonyl (C=O) groups excluding carboxylic acids is 1. The number of hydrogen-bond acceptors (Lipinski definition) is 5. The zero-order chi connectivity index (χ0) is 21.5. The lowest BCUT2D eigenvalue weighted by atomic mass is 10.1. The van der Waals surface area contributed by atoms with Gasteiger partial charge in [-0.3, -0.25) is 4.79 Å². The van der Waals surface area contributed by atoms with Crippen LogP contribution in [0.2, 0.25) is 0 Å². The fourth-order valence-electron chi connectivity index (χ4n) is 3.34. The molecule has 0 saturated heterocycles. The monoisotopic (exact) mass is 411 g/mol. The summed E-state index contributed by atoms with van der Waals surface area (Å²) in [5.41, 5.74) is 1.98. The molecule has 0 N–H and O–H groups in total. The van der Waals surface area contributed by atoms with Crippen molar-refractivity contribution < 1.29 is 23.7 Å². The molecule has 0 bridgehead atoms. The summed E-state index contributed by atoms with van der Waals surface area (Å²) in [6, 6.07) is 11.5. The van der Waals surface area contributed by atoms with Gasteiger partial charge in [0.05, 0.1) is 21.3 Å². The Balaban J connectivity index is 1.71. The van der Waals surface area contributed by atoms with E-state index >= 15 is 0 Å². The zero-order valence-electron chi connectivity index (χ0n) is 17.8. The molecule has 1 aliphatic carbocycles. The Kier molecular flexibility index (Phi) is 7.22. The third-order valence-corrected chi connectivity index (χ3v) is 5.10. The van der Waals surface area contributed by atoms with Crippen LogP contribution in [-0.4, -0.2) is 44.8 Å².